The second-order valence-corrected chi connectivity index (χ2v) is 6.43. The van der Waals surface area contributed by atoms with Crippen molar-refractivity contribution in [2.75, 3.05) is 0 Å². The van der Waals surface area contributed by atoms with Gasteiger partial charge in [-0.15, -0.1) is 0 Å². The molecule has 2 aliphatic carbocycles. The van der Waals surface area contributed by atoms with E-state index in [1.165, 1.54) is 12.8 Å². The molecule has 0 bridgehead atoms. The number of fused-ring (bicyclic) bond motifs is 1. The Labute approximate surface area is 93.6 Å². The van der Waals surface area contributed by atoms with Crippen molar-refractivity contribution < 1.29 is 5.11 Å². The van der Waals surface area contributed by atoms with Gasteiger partial charge < -0.3 is 5.11 Å². The maximum absolute atomic E-state index is 9.80. The van der Waals surface area contributed by atoms with Crippen LogP contribution in [0, 0.1) is 16.7 Å². The van der Waals surface area contributed by atoms with Crippen LogP contribution in [0.2, 0.25) is 0 Å². The van der Waals surface area contributed by atoms with Crippen molar-refractivity contribution in [1.29, 1.82) is 0 Å². The molecule has 1 nitrogen and oxygen atoms in total. The summed E-state index contributed by atoms with van der Waals surface area (Å²) >= 11 is 0. The summed E-state index contributed by atoms with van der Waals surface area (Å²) in [6.45, 7) is 9.46. The van der Waals surface area contributed by atoms with Gasteiger partial charge in [-0.3, -0.25) is 0 Å². The van der Waals surface area contributed by atoms with Crippen LogP contribution in [0.15, 0.2) is 11.6 Å². The SMILES string of the molecule is CC1CC[C@]2(C)CC(O)CC=C2C1(C)C. The summed E-state index contributed by atoms with van der Waals surface area (Å²) in [6, 6.07) is 0. The lowest BCUT2D eigenvalue weighted by atomic mass is 9.53. The first-order valence-corrected chi connectivity index (χ1v) is 6.25. The molecule has 1 fully saturated rings. The summed E-state index contributed by atoms with van der Waals surface area (Å²) in [5, 5.41) is 9.80. The molecule has 0 amide bonds. The average molecular weight is 208 g/mol. The van der Waals surface area contributed by atoms with E-state index in [1.54, 1.807) is 5.57 Å². The fourth-order valence-corrected chi connectivity index (χ4v) is 3.65. The van der Waals surface area contributed by atoms with Crippen LogP contribution in [0.25, 0.3) is 0 Å². The van der Waals surface area contributed by atoms with Crippen molar-refractivity contribution in [1.82, 2.24) is 0 Å². The van der Waals surface area contributed by atoms with Crippen LogP contribution in [0.1, 0.15) is 53.4 Å². The normalized spacial score (nSPS) is 44.5. The minimum Gasteiger partial charge on any atom is -0.393 e. The van der Waals surface area contributed by atoms with Gasteiger partial charge in [0.15, 0.2) is 0 Å². The highest BCUT2D eigenvalue weighted by molar-refractivity contribution is 5.27. The molecule has 0 radical (unpaired) electrons. The lowest BCUT2D eigenvalue weighted by molar-refractivity contribution is 0.0546. The van der Waals surface area contributed by atoms with E-state index >= 15 is 0 Å². The Balaban J connectivity index is 2.38. The maximum Gasteiger partial charge on any atom is 0.0583 e. The van der Waals surface area contributed by atoms with Crippen molar-refractivity contribution >= 4 is 0 Å². The van der Waals surface area contributed by atoms with E-state index in [-0.39, 0.29) is 11.5 Å². The molecule has 15 heavy (non-hydrogen) atoms. The van der Waals surface area contributed by atoms with Crippen LogP contribution in [0.3, 0.4) is 0 Å². The second kappa shape index (κ2) is 3.35. The van der Waals surface area contributed by atoms with Gasteiger partial charge in [0.1, 0.15) is 0 Å². The number of aliphatic hydroxyl groups is 1. The van der Waals surface area contributed by atoms with Gasteiger partial charge in [0.05, 0.1) is 6.10 Å². The standard InChI is InChI=1S/C14H24O/c1-10-7-8-14(4)9-11(15)5-6-12(14)13(10,2)3/h6,10-11,15H,5,7-9H2,1-4H3/t10?,11?,14-/m1/s1. The predicted octanol–water partition coefficient (Wildman–Crippen LogP) is 3.53. The molecule has 1 N–H and O–H groups in total. The molecule has 0 aromatic carbocycles. The van der Waals surface area contributed by atoms with E-state index in [0.717, 1.165) is 18.8 Å². The Morgan fingerprint density at radius 1 is 1.33 bits per heavy atom. The molecule has 1 heteroatoms. The average Bonchev–Trinajstić information content (AvgIpc) is 2.11. The van der Waals surface area contributed by atoms with Crippen molar-refractivity contribution in [3.8, 4) is 0 Å². The fourth-order valence-electron chi connectivity index (χ4n) is 3.65. The molecule has 0 aromatic rings. The van der Waals surface area contributed by atoms with Crippen molar-refractivity contribution in [2.45, 2.75) is 59.5 Å². The summed E-state index contributed by atoms with van der Waals surface area (Å²) in [5.74, 6) is 0.770. The van der Waals surface area contributed by atoms with Gasteiger partial charge in [0.25, 0.3) is 0 Å². The first kappa shape index (κ1) is 11.2. The highest BCUT2D eigenvalue weighted by Gasteiger charge is 2.47. The van der Waals surface area contributed by atoms with Crippen LogP contribution in [0.5, 0.6) is 0 Å². The zero-order chi connectivity index (χ0) is 11.3. The molecular formula is C14H24O. The van der Waals surface area contributed by atoms with Gasteiger partial charge in [-0.05, 0) is 42.4 Å². The zero-order valence-electron chi connectivity index (χ0n) is 10.5. The van der Waals surface area contributed by atoms with Crippen LogP contribution >= 0.6 is 0 Å². The summed E-state index contributed by atoms with van der Waals surface area (Å²) in [4.78, 5) is 0. The van der Waals surface area contributed by atoms with E-state index in [9.17, 15) is 5.11 Å². The minimum absolute atomic E-state index is 0.108. The molecule has 2 aliphatic rings. The van der Waals surface area contributed by atoms with E-state index in [1.807, 2.05) is 0 Å². The number of hydrogen-bond acceptors (Lipinski definition) is 1. The van der Waals surface area contributed by atoms with E-state index in [4.69, 9.17) is 0 Å². The molecule has 0 aromatic heterocycles. The predicted molar refractivity (Wildman–Crippen MR) is 63.6 cm³/mol. The maximum atomic E-state index is 9.80. The quantitative estimate of drug-likeness (QED) is 0.604. The summed E-state index contributed by atoms with van der Waals surface area (Å²) < 4.78 is 0. The Bertz CT molecular complexity index is 290. The van der Waals surface area contributed by atoms with Gasteiger partial charge in [-0.25, -0.2) is 0 Å². The van der Waals surface area contributed by atoms with Crippen molar-refractivity contribution in [3.05, 3.63) is 11.6 Å². The van der Waals surface area contributed by atoms with E-state index in [2.05, 4.69) is 33.8 Å². The third-order valence-corrected chi connectivity index (χ3v) is 4.99. The molecule has 3 atom stereocenters. The lowest BCUT2D eigenvalue weighted by Crippen LogP contribution is -2.43. The van der Waals surface area contributed by atoms with Gasteiger partial charge in [-0.2, -0.15) is 0 Å². The van der Waals surface area contributed by atoms with Gasteiger partial charge in [0, 0.05) is 0 Å². The molecular weight excluding hydrogens is 184 g/mol. The number of aliphatic hydroxyl groups excluding tert-OH is 1. The Kier molecular flexibility index (Phi) is 2.50. The fraction of sp³-hybridized carbons (Fsp3) is 0.857. The number of hydrogen-bond donors (Lipinski definition) is 1. The van der Waals surface area contributed by atoms with Gasteiger partial charge >= 0.3 is 0 Å². The smallest absolute Gasteiger partial charge is 0.0583 e. The molecule has 0 spiro atoms. The molecule has 0 aliphatic heterocycles. The molecule has 1 saturated carbocycles. The summed E-state index contributed by atoms with van der Waals surface area (Å²) in [5.41, 5.74) is 2.21. The third kappa shape index (κ3) is 1.65. The van der Waals surface area contributed by atoms with Crippen molar-refractivity contribution in [2.24, 2.45) is 16.7 Å². The monoisotopic (exact) mass is 208 g/mol. The highest BCUT2D eigenvalue weighted by atomic mass is 16.3. The highest BCUT2D eigenvalue weighted by Crippen LogP contribution is 2.57. The largest absolute Gasteiger partial charge is 0.393 e. The van der Waals surface area contributed by atoms with Gasteiger partial charge in [-0.1, -0.05) is 39.3 Å². The molecule has 86 valence electrons. The Morgan fingerprint density at radius 3 is 2.67 bits per heavy atom. The molecule has 2 unspecified atom stereocenters. The topological polar surface area (TPSA) is 20.2 Å². The zero-order valence-corrected chi connectivity index (χ0v) is 10.5. The molecule has 2 rings (SSSR count). The first-order chi connectivity index (χ1) is 6.86. The Morgan fingerprint density at radius 2 is 2.00 bits per heavy atom. The van der Waals surface area contributed by atoms with E-state index < -0.39 is 0 Å². The number of rotatable bonds is 0. The second-order valence-electron chi connectivity index (χ2n) is 6.43. The van der Waals surface area contributed by atoms with Crippen LogP contribution in [0.4, 0.5) is 0 Å². The van der Waals surface area contributed by atoms with Crippen LogP contribution in [-0.2, 0) is 0 Å². The van der Waals surface area contributed by atoms with Crippen LogP contribution in [-0.4, -0.2) is 11.2 Å². The summed E-state index contributed by atoms with van der Waals surface area (Å²) in [7, 11) is 0. The van der Waals surface area contributed by atoms with Crippen LogP contribution < -0.4 is 0 Å². The van der Waals surface area contributed by atoms with Gasteiger partial charge in [0.2, 0.25) is 0 Å². The lowest BCUT2D eigenvalue weighted by Gasteiger charge is -2.52. The minimum atomic E-state index is -0.108. The summed E-state index contributed by atoms with van der Waals surface area (Å²) in [6.07, 6.45) is 6.59. The van der Waals surface area contributed by atoms with Crippen molar-refractivity contribution in [3.63, 3.8) is 0 Å². The third-order valence-electron chi connectivity index (χ3n) is 4.99. The molecule has 0 saturated heterocycles. The molecule has 0 heterocycles. The first-order valence-electron chi connectivity index (χ1n) is 6.25. The Hall–Kier alpha value is -0.300. The number of allylic oxidation sites excluding steroid dienone is 1. The van der Waals surface area contributed by atoms with E-state index in [0.29, 0.717) is 5.41 Å².